The molecule has 0 saturated heterocycles. The third-order valence-electron chi connectivity index (χ3n) is 1.64. The van der Waals surface area contributed by atoms with Crippen LogP contribution in [-0.2, 0) is 4.79 Å². The maximum absolute atomic E-state index is 10.3. The summed E-state index contributed by atoms with van der Waals surface area (Å²) in [6.45, 7) is 0.615. The summed E-state index contributed by atoms with van der Waals surface area (Å²) in [6.07, 6.45) is 2.64. The van der Waals surface area contributed by atoms with Crippen LogP contribution in [0.15, 0.2) is 30.3 Å². The minimum atomic E-state index is -0.949. The van der Waals surface area contributed by atoms with Crippen molar-refractivity contribution in [2.75, 3.05) is 11.9 Å². The van der Waals surface area contributed by atoms with Crippen molar-refractivity contribution in [3.05, 3.63) is 35.9 Å². The van der Waals surface area contributed by atoms with E-state index in [4.69, 9.17) is 9.84 Å². The van der Waals surface area contributed by atoms with E-state index in [-0.39, 0.29) is 0 Å². The number of ether oxygens (including phenoxy) is 1. The molecule has 0 atom stereocenters. The lowest BCUT2D eigenvalue weighted by atomic mass is 10.2. The van der Waals surface area contributed by atoms with Gasteiger partial charge in [0.05, 0.1) is 6.61 Å². The van der Waals surface area contributed by atoms with Crippen molar-refractivity contribution in [1.29, 1.82) is 0 Å². The van der Waals surface area contributed by atoms with Crippen LogP contribution < -0.4 is 4.74 Å². The van der Waals surface area contributed by atoms with Gasteiger partial charge in [-0.05, 0) is 23.8 Å². The number of carboxylic acids is 1. The Bertz CT molecular complexity index is 343. The number of halogens is 1. The standard InChI is InChI=1S/C11H11BrO3/c12-7-8-15-10-4-1-9(2-5-10)3-6-11(13)14/h1-6H,7-8H2,(H,13,14). The molecule has 4 heteroatoms. The summed E-state index contributed by atoms with van der Waals surface area (Å²) in [5.74, 6) is -0.170. The molecule has 0 heterocycles. The van der Waals surface area contributed by atoms with E-state index < -0.39 is 5.97 Å². The maximum Gasteiger partial charge on any atom is 0.328 e. The van der Waals surface area contributed by atoms with E-state index in [0.29, 0.717) is 6.61 Å². The van der Waals surface area contributed by atoms with Crippen LogP contribution in [0.5, 0.6) is 5.75 Å². The van der Waals surface area contributed by atoms with Gasteiger partial charge < -0.3 is 9.84 Å². The van der Waals surface area contributed by atoms with Crippen LogP contribution in [-0.4, -0.2) is 23.0 Å². The van der Waals surface area contributed by atoms with Crippen molar-refractivity contribution in [3.63, 3.8) is 0 Å². The molecule has 15 heavy (non-hydrogen) atoms. The number of carbonyl (C=O) groups is 1. The first-order chi connectivity index (χ1) is 7.22. The Hall–Kier alpha value is -1.29. The summed E-state index contributed by atoms with van der Waals surface area (Å²) < 4.78 is 5.35. The zero-order valence-electron chi connectivity index (χ0n) is 8.02. The Morgan fingerprint density at radius 1 is 1.40 bits per heavy atom. The lowest BCUT2D eigenvalue weighted by molar-refractivity contribution is -0.131. The molecule has 1 aromatic rings. The molecule has 0 fully saturated rings. The second-order valence-corrected chi connectivity index (χ2v) is 3.57. The fourth-order valence-corrected chi connectivity index (χ4v) is 1.16. The summed E-state index contributed by atoms with van der Waals surface area (Å²) in [4.78, 5) is 10.3. The summed E-state index contributed by atoms with van der Waals surface area (Å²) in [5, 5.41) is 9.21. The zero-order valence-corrected chi connectivity index (χ0v) is 9.61. The molecule has 80 valence electrons. The quantitative estimate of drug-likeness (QED) is 0.661. The summed E-state index contributed by atoms with van der Waals surface area (Å²) >= 11 is 3.26. The van der Waals surface area contributed by atoms with Gasteiger partial charge in [0.1, 0.15) is 5.75 Å². The minimum absolute atomic E-state index is 0.615. The molecule has 0 radical (unpaired) electrons. The molecule has 0 aliphatic carbocycles. The SMILES string of the molecule is O=C(O)C=Cc1ccc(OCCBr)cc1. The number of carboxylic acid groups (broad SMARTS) is 1. The van der Waals surface area contributed by atoms with Gasteiger partial charge in [-0.2, -0.15) is 0 Å². The van der Waals surface area contributed by atoms with Crippen LogP contribution in [0.1, 0.15) is 5.56 Å². The second kappa shape index (κ2) is 6.24. The molecule has 0 unspecified atom stereocenters. The van der Waals surface area contributed by atoms with E-state index in [1.165, 1.54) is 6.08 Å². The molecular formula is C11H11BrO3. The van der Waals surface area contributed by atoms with Crippen LogP contribution in [0.25, 0.3) is 6.08 Å². The van der Waals surface area contributed by atoms with Gasteiger partial charge in [0.15, 0.2) is 0 Å². The topological polar surface area (TPSA) is 46.5 Å². The molecule has 3 nitrogen and oxygen atoms in total. The number of rotatable bonds is 5. The Labute approximate surface area is 96.5 Å². The van der Waals surface area contributed by atoms with Crippen LogP contribution >= 0.6 is 15.9 Å². The minimum Gasteiger partial charge on any atom is -0.493 e. The fraction of sp³-hybridized carbons (Fsp3) is 0.182. The van der Waals surface area contributed by atoms with Gasteiger partial charge in [-0.25, -0.2) is 4.79 Å². The van der Waals surface area contributed by atoms with Crippen molar-refractivity contribution >= 4 is 28.0 Å². The van der Waals surface area contributed by atoms with Crippen LogP contribution in [0.4, 0.5) is 0 Å². The van der Waals surface area contributed by atoms with Gasteiger partial charge >= 0.3 is 5.97 Å². The Balaban J connectivity index is 2.60. The first-order valence-electron chi connectivity index (χ1n) is 4.42. The van der Waals surface area contributed by atoms with Crippen molar-refractivity contribution in [1.82, 2.24) is 0 Å². The first kappa shape index (κ1) is 11.8. The number of hydrogen-bond acceptors (Lipinski definition) is 2. The Kier molecular flexibility index (Phi) is 4.90. The monoisotopic (exact) mass is 270 g/mol. The van der Waals surface area contributed by atoms with Crippen molar-refractivity contribution in [2.24, 2.45) is 0 Å². The van der Waals surface area contributed by atoms with E-state index in [0.717, 1.165) is 22.7 Å². The average molecular weight is 271 g/mol. The molecule has 0 aliphatic rings. The molecule has 1 rings (SSSR count). The number of alkyl halides is 1. The van der Waals surface area contributed by atoms with E-state index in [9.17, 15) is 4.79 Å². The van der Waals surface area contributed by atoms with E-state index in [2.05, 4.69) is 15.9 Å². The average Bonchev–Trinajstić information content (AvgIpc) is 2.25. The molecule has 0 spiro atoms. The van der Waals surface area contributed by atoms with Crippen LogP contribution in [0.3, 0.4) is 0 Å². The number of aliphatic carboxylic acids is 1. The third kappa shape index (κ3) is 4.65. The summed E-state index contributed by atoms with van der Waals surface area (Å²) in [6, 6.07) is 7.24. The highest BCUT2D eigenvalue weighted by Crippen LogP contribution is 2.13. The molecule has 1 N–H and O–H groups in total. The van der Waals surface area contributed by atoms with Gasteiger partial charge in [0, 0.05) is 11.4 Å². The smallest absolute Gasteiger partial charge is 0.328 e. The highest BCUT2D eigenvalue weighted by Gasteiger charge is 1.93. The number of hydrogen-bond donors (Lipinski definition) is 1. The normalized spacial score (nSPS) is 10.5. The maximum atomic E-state index is 10.3. The van der Waals surface area contributed by atoms with E-state index >= 15 is 0 Å². The Morgan fingerprint density at radius 3 is 2.60 bits per heavy atom. The highest BCUT2D eigenvalue weighted by atomic mass is 79.9. The molecule has 0 bridgehead atoms. The van der Waals surface area contributed by atoms with Gasteiger partial charge in [-0.15, -0.1) is 0 Å². The van der Waals surface area contributed by atoms with Crippen molar-refractivity contribution in [2.45, 2.75) is 0 Å². The van der Waals surface area contributed by atoms with Gasteiger partial charge in [0.2, 0.25) is 0 Å². The van der Waals surface area contributed by atoms with Crippen molar-refractivity contribution < 1.29 is 14.6 Å². The summed E-state index contributed by atoms with van der Waals surface area (Å²) in [5.41, 5.74) is 0.837. The van der Waals surface area contributed by atoms with E-state index in [1.807, 2.05) is 24.3 Å². The molecular weight excluding hydrogens is 260 g/mol. The lowest BCUT2D eigenvalue weighted by Crippen LogP contribution is -1.97. The van der Waals surface area contributed by atoms with Gasteiger partial charge in [-0.3, -0.25) is 0 Å². The van der Waals surface area contributed by atoms with Crippen LogP contribution in [0, 0.1) is 0 Å². The number of benzene rings is 1. The first-order valence-corrected chi connectivity index (χ1v) is 5.54. The zero-order chi connectivity index (χ0) is 11.1. The molecule has 0 aliphatic heterocycles. The van der Waals surface area contributed by atoms with Crippen LogP contribution in [0.2, 0.25) is 0 Å². The fourth-order valence-electron chi connectivity index (χ4n) is 0.999. The third-order valence-corrected chi connectivity index (χ3v) is 1.97. The molecule has 0 saturated carbocycles. The Morgan fingerprint density at radius 2 is 2.07 bits per heavy atom. The predicted octanol–water partition coefficient (Wildman–Crippen LogP) is 2.56. The molecule has 0 amide bonds. The lowest BCUT2D eigenvalue weighted by Gasteiger charge is -2.03. The van der Waals surface area contributed by atoms with E-state index in [1.54, 1.807) is 0 Å². The summed E-state index contributed by atoms with van der Waals surface area (Å²) in [7, 11) is 0. The van der Waals surface area contributed by atoms with Gasteiger partial charge in [-0.1, -0.05) is 28.1 Å². The molecule has 1 aromatic carbocycles. The molecule has 0 aromatic heterocycles. The second-order valence-electron chi connectivity index (χ2n) is 2.78. The largest absolute Gasteiger partial charge is 0.493 e. The van der Waals surface area contributed by atoms with Gasteiger partial charge in [0.25, 0.3) is 0 Å². The van der Waals surface area contributed by atoms with Crippen molar-refractivity contribution in [3.8, 4) is 5.75 Å². The predicted molar refractivity (Wildman–Crippen MR) is 62.4 cm³/mol. The highest BCUT2D eigenvalue weighted by molar-refractivity contribution is 9.09.